The number of hydrogen-bond acceptors (Lipinski definition) is 3. The number of likely N-dealkylation sites (N-methyl/N-ethyl adjacent to an activating group) is 1. The number of amides is 1. The van der Waals surface area contributed by atoms with Gasteiger partial charge in [0.15, 0.2) is 0 Å². The molecule has 0 aromatic rings. The molecule has 1 rings (SSSR count). The van der Waals surface area contributed by atoms with E-state index in [2.05, 4.69) is 6.92 Å². The molecule has 1 fully saturated rings. The van der Waals surface area contributed by atoms with E-state index in [0.717, 1.165) is 25.7 Å². The zero-order valence-electron chi connectivity index (χ0n) is 14.4. The summed E-state index contributed by atoms with van der Waals surface area (Å²) in [4.78, 5) is 24.8. The van der Waals surface area contributed by atoms with Crippen LogP contribution in [0.2, 0.25) is 0 Å². The zero-order chi connectivity index (χ0) is 16.2. The van der Waals surface area contributed by atoms with Crippen molar-refractivity contribution in [3.8, 4) is 0 Å². The average Bonchev–Trinajstić information content (AvgIpc) is 3.33. The summed E-state index contributed by atoms with van der Waals surface area (Å²) < 4.78 is 5.19. The fraction of sp³-hybridized carbons (Fsp3) is 0.889. The lowest BCUT2D eigenvalue weighted by Crippen LogP contribution is -2.34. The van der Waals surface area contributed by atoms with Crippen LogP contribution in [0.1, 0.15) is 77.6 Å². The molecule has 22 heavy (non-hydrogen) atoms. The fourth-order valence-electron chi connectivity index (χ4n) is 2.56. The third kappa shape index (κ3) is 9.06. The van der Waals surface area contributed by atoms with Crippen LogP contribution in [0.25, 0.3) is 0 Å². The van der Waals surface area contributed by atoms with Crippen molar-refractivity contribution in [2.24, 2.45) is 5.92 Å². The third-order valence-electron chi connectivity index (χ3n) is 4.18. The molecule has 0 unspecified atom stereocenters. The molecular formula is C18H33NO3. The van der Waals surface area contributed by atoms with E-state index in [1.807, 2.05) is 0 Å². The summed E-state index contributed by atoms with van der Waals surface area (Å²) in [6, 6.07) is 0. The van der Waals surface area contributed by atoms with Gasteiger partial charge in [-0.05, 0) is 19.3 Å². The highest BCUT2D eigenvalue weighted by Crippen LogP contribution is 2.30. The molecule has 4 heteroatoms. The second-order valence-electron chi connectivity index (χ2n) is 6.52. The largest absolute Gasteiger partial charge is 0.464 e. The van der Waals surface area contributed by atoms with Crippen LogP contribution in [-0.2, 0) is 14.3 Å². The lowest BCUT2D eigenvalue weighted by atomic mass is 10.1. The standard InChI is InChI=1S/C18H33NO3/c1-3-4-5-6-7-8-9-10-11-14-22-17(20)15-19(2)18(21)16-12-13-16/h16H,3-15H2,1-2H3. The number of carbonyl (C=O) groups is 2. The Balaban J connectivity index is 1.87. The molecule has 0 radical (unpaired) electrons. The number of hydrogen-bond donors (Lipinski definition) is 0. The van der Waals surface area contributed by atoms with E-state index in [1.54, 1.807) is 7.05 Å². The molecule has 0 atom stereocenters. The number of ether oxygens (including phenoxy) is 1. The predicted octanol–water partition coefficient (Wildman–Crippen LogP) is 3.93. The molecule has 1 amide bonds. The Morgan fingerprint density at radius 1 is 0.955 bits per heavy atom. The first kappa shape index (κ1) is 19.0. The quantitative estimate of drug-likeness (QED) is 0.382. The van der Waals surface area contributed by atoms with Crippen LogP contribution >= 0.6 is 0 Å². The van der Waals surface area contributed by atoms with E-state index >= 15 is 0 Å². The Morgan fingerprint density at radius 3 is 2.05 bits per heavy atom. The van der Waals surface area contributed by atoms with Crippen LogP contribution in [0.5, 0.6) is 0 Å². The van der Waals surface area contributed by atoms with Crippen molar-refractivity contribution in [3.63, 3.8) is 0 Å². The lowest BCUT2D eigenvalue weighted by molar-refractivity contribution is -0.149. The highest BCUT2D eigenvalue weighted by atomic mass is 16.5. The van der Waals surface area contributed by atoms with E-state index < -0.39 is 0 Å². The third-order valence-corrected chi connectivity index (χ3v) is 4.18. The topological polar surface area (TPSA) is 46.6 Å². The minimum Gasteiger partial charge on any atom is -0.464 e. The van der Waals surface area contributed by atoms with Gasteiger partial charge in [-0.3, -0.25) is 9.59 Å². The minimum absolute atomic E-state index is 0.0834. The maximum absolute atomic E-state index is 11.7. The number of nitrogens with zero attached hydrogens (tertiary/aromatic N) is 1. The summed E-state index contributed by atoms with van der Waals surface area (Å²) in [5, 5.41) is 0. The van der Waals surface area contributed by atoms with Gasteiger partial charge >= 0.3 is 5.97 Å². The number of rotatable bonds is 13. The van der Waals surface area contributed by atoms with E-state index in [1.165, 1.54) is 49.8 Å². The molecule has 0 aromatic heterocycles. The lowest BCUT2D eigenvalue weighted by Gasteiger charge is -2.15. The van der Waals surface area contributed by atoms with Gasteiger partial charge in [0.1, 0.15) is 6.54 Å². The monoisotopic (exact) mass is 311 g/mol. The Labute approximate surface area is 135 Å². The van der Waals surface area contributed by atoms with Crippen molar-refractivity contribution in [2.45, 2.75) is 77.6 Å². The summed E-state index contributed by atoms with van der Waals surface area (Å²) in [5.41, 5.74) is 0. The second kappa shape index (κ2) is 11.5. The molecule has 0 saturated heterocycles. The first-order chi connectivity index (χ1) is 10.6. The van der Waals surface area contributed by atoms with Crippen molar-refractivity contribution >= 4 is 11.9 Å². The first-order valence-electron chi connectivity index (χ1n) is 9.05. The van der Waals surface area contributed by atoms with Crippen LogP contribution in [0.4, 0.5) is 0 Å². The van der Waals surface area contributed by atoms with E-state index in [9.17, 15) is 9.59 Å². The molecule has 4 nitrogen and oxygen atoms in total. The molecule has 0 heterocycles. The number of esters is 1. The van der Waals surface area contributed by atoms with Crippen LogP contribution in [0, 0.1) is 5.92 Å². The molecular weight excluding hydrogens is 278 g/mol. The molecule has 0 aromatic carbocycles. The van der Waals surface area contributed by atoms with Crippen molar-refractivity contribution < 1.29 is 14.3 Å². The zero-order valence-corrected chi connectivity index (χ0v) is 14.4. The maximum Gasteiger partial charge on any atom is 0.325 e. The van der Waals surface area contributed by atoms with E-state index in [-0.39, 0.29) is 24.3 Å². The summed E-state index contributed by atoms with van der Waals surface area (Å²) in [6.07, 6.45) is 13.2. The second-order valence-corrected chi connectivity index (χ2v) is 6.52. The smallest absolute Gasteiger partial charge is 0.325 e. The Morgan fingerprint density at radius 2 is 1.50 bits per heavy atom. The van der Waals surface area contributed by atoms with Crippen molar-refractivity contribution in [2.75, 3.05) is 20.2 Å². The van der Waals surface area contributed by atoms with Gasteiger partial charge in [0.25, 0.3) is 0 Å². The van der Waals surface area contributed by atoms with Crippen LogP contribution in [0.15, 0.2) is 0 Å². The maximum atomic E-state index is 11.7. The van der Waals surface area contributed by atoms with E-state index in [0.29, 0.717) is 6.61 Å². The fourth-order valence-corrected chi connectivity index (χ4v) is 2.56. The Kier molecular flexibility index (Phi) is 9.93. The Hall–Kier alpha value is -1.06. The van der Waals surface area contributed by atoms with Gasteiger partial charge in [0.05, 0.1) is 6.61 Å². The van der Waals surface area contributed by atoms with Crippen molar-refractivity contribution in [3.05, 3.63) is 0 Å². The van der Waals surface area contributed by atoms with Gasteiger partial charge in [-0.15, -0.1) is 0 Å². The molecule has 0 N–H and O–H groups in total. The van der Waals surface area contributed by atoms with Crippen molar-refractivity contribution in [1.29, 1.82) is 0 Å². The number of carbonyl (C=O) groups excluding carboxylic acids is 2. The highest BCUT2D eigenvalue weighted by Gasteiger charge is 2.32. The van der Waals surface area contributed by atoms with Gasteiger partial charge in [-0.25, -0.2) is 0 Å². The minimum atomic E-state index is -0.281. The molecule has 0 aliphatic heterocycles. The molecule has 1 aliphatic rings. The molecule has 1 aliphatic carbocycles. The Bertz CT molecular complexity index is 326. The highest BCUT2D eigenvalue weighted by molar-refractivity contribution is 5.84. The van der Waals surface area contributed by atoms with Gasteiger partial charge in [0, 0.05) is 13.0 Å². The summed E-state index contributed by atoms with van der Waals surface area (Å²) >= 11 is 0. The van der Waals surface area contributed by atoms with Crippen LogP contribution < -0.4 is 0 Å². The van der Waals surface area contributed by atoms with Gasteiger partial charge in [-0.2, -0.15) is 0 Å². The van der Waals surface area contributed by atoms with Crippen LogP contribution in [0.3, 0.4) is 0 Å². The predicted molar refractivity (Wildman–Crippen MR) is 88.5 cm³/mol. The molecule has 128 valence electrons. The molecule has 0 bridgehead atoms. The summed E-state index contributed by atoms with van der Waals surface area (Å²) in [7, 11) is 1.68. The van der Waals surface area contributed by atoms with Gasteiger partial charge in [-0.1, -0.05) is 58.3 Å². The van der Waals surface area contributed by atoms with Gasteiger partial charge < -0.3 is 9.64 Å². The van der Waals surface area contributed by atoms with Crippen molar-refractivity contribution in [1.82, 2.24) is 4.90 Å². The average molecular weight is 311 g/mol. The molecule has 1 saturated carbocycles. The number of unbranched alkanes of at least 4 members (excludes halogenated alkanes) is 8. The van der Waals surface area contributed by atoms with Gasteiger partial charge in [0.2, 0.25) is 5.91 Å². The first-order valence-corrected chi connectivity index (χ1v) is 9.05. The summed E-state index contributed by atoms with van der Waals surface area (Å²) in [6.45, 7) is 2.81. The van der Waals surface area contributed by atoms with E-state index in [4.69, 9.17) is 4.74 Å². The SMILES string of the molecule is CCCCCCCCCCCOC(=O)CN(C)C(=O)C1CC1. The normalized spacial score (nSPS) is 13.9. The van der Waals surface area contributed by atoms with Crippen LogP contribution in [-0.4, -0.2) is 37.0 Å². The summed E-state index contributed by atoms with van der Waals surface area (Å²) in [5.74, 6) is -0.0359. The molecule has 0 spiro atoms.